The predicted octanol–water partition coefficient (Wildman–Crippen LogP) is 6.13. The van der Waals surface area contributed by atoms with Crippen molar-refractivity contribution in [1.82, 2.24) is 14.5 Å². The molecule has 1 saturated carbocycles. The molecule has 1 aromatic heterocycles. The van der Waals surface area contributed by atoms with Gasteiger partial charge in [0, 0.05) is 5.92 Å². The first-order valence-corrected chi connectivity index (χ1v) is 12.3. The van der Waals surface area contributed by atoms with Crippen molar-refractivity contribution < 1.29 is 9.13 Å². The summed E-state index contributed by atoms with van der Waals surface area (Å²) in [5.74, 6) is 2.86. The fourth-order valence-electron chi connectivity index (χ4n) is 4.97. The molecule has 6 heteroatoms. The highest BCUT2D eigenvalue weighted by Crippen LogP contribution is 2.35. The molecular weight excluding hydrogens is 425 g/mol. The second-order valence-electron chi connectivity index (χ2n) is 9.14. The van der Waals surface area contributed by atoms with Crippen molar-refractivity contribution in [3.63, 3.8) is 0 Å². The lowest BCUT2D eigenvalue weighted by atomic mass is 9.86. The summed E-state index contributed by atoms with van der Waals surface area (Å²) >= 11 is 6.46. The van der Waals surface area contributed by atoms with Gasteiger partial charge in [-0.2, -0.15) is 0 Å². The van der Waals surface area contributed by atoms with E-state index in [4.69, 9.17) is 21.3 Å². The number of aromatic nitrogens is 2. The van der Waals surface area contributed by atoms with Gasteiger partial charge in [0.2, 0.25) is 0 Å². The topological polar surface area (TPSA) is 30.3 Å². The van der Waals surface area contributed by atoms with Crippen molar-refractivity contribution in [2.75, 3.05) is 19.8 Å². The fourth-order valence-corrected chi connectivity index (χ4v) is 5.33. The van der Waals surface area contributed by atoms with E-state index < -0.39 is 0 Å². The van der Waals surface area contributed by atoms with E-state index in [0.717, 1.165) is 55.1 Å². The number of ether oxygens (including phenoxy) is 1. The molecule has 5 rings (SSSR count). The van der Waals surface area contributed by atoms with Crippen molar-refractivity contribution >= 4 is 22.6 Å². The summed E-state index contributed by atoms with van der Waals surface area (Å²) in [6.45, 7) is 2.77. The first-order chi connectivity index (χ1) is 15.7. The normalized spacial score (nSPS) is 19.2. The molecule has 2 aliphatic rings. The average Bonchev–Trinajstić information content (AvgIpc) is 3.10. The van der Waals surface area contributed by atoms with E-state index >= 15 is 0 Å². The van der Waals surface area contributed by atoms with Crippen LogP contribution in [0.3, 0.4) is 0 Å². The van der Waals surface area contributed by atoms with Crippen molar-refractivity contribution in [3.8, 4) is 5.75 Å². The number of piperidine rings is 1. The van der Waals surface area contributed by atoms with Crippen LogP contribution in [0.25, 0.3) is 11.0 Å². The second kappa shape index (κ2) is 9.80. The number of hydrogen-bond acceptors (Lipinski definition) is 3. The predicted molar refractivity (Wildman–Crippen MR) is 127 cm³/mol. The number of benzene rings is 2. The molecule has 1 aliphatic carbocycles. The van der Waals surface area contributed by atoms with Crippen LogP contribution in [-0.2, 0) is 13.1 Å². The number of imidazole rings is 1. The first kappa shape index (κ1) is 21.7. The number of aryl methyl sites for hydroxylation is 1. The third-order valence-electron chi connectivity index (χ3n) is 7.09. The van der Waals surface area contributed by atoms with E-state index in [0.29, 0.717) is 18.4 Å². The van der Waals surface area contributed by atoms with E-state index in [1.165, 1.54) is 24.8 Å². The number of para-hydroxylation sites is 2. The van der Waals surface area contributed by atoms with Gasteiger partial charge >= 0.3 is 0 Å². The Morgan fingerprint density at radius 2 is 1.88 bits per heavy atom. The molecule has 2 fully saturated rings. The van der Waals surface area contributed by atoms with Gasteiger partial charge in [0.05, 0.1) is 24.1 Å². The summed E-state index contributed by atoms with van der Waals surface area (Å²) in [5.41, 5.74) is 3.09. The maximum absolute atomic E-state index is 13.2. The number of nitrogens with zero attached hydrogens (tertiary/aromatic N) is 3. The summed E-state index contributed by atoms with van der Waals surface area (Å²) in [7, 11) is 0. The number of halogens is 2. The third-order valence-corrected chi connectivity index (χ3v) is 7.54. The lowest BCUT2D eigenvalue weighted by Gasteiger charge is -2.32. The Balaban J connectivity index is 1.21. The zero-order valence-electron chi connectivity index (χ0n) is 18.4. The standard InChI is InChI=1S/C26H31ClFN3O/c27-26(20-5-3-6-20)32-22-8-4-7-21(17-22)19-11-14-30(15-12-19)18-25-29-23-9-1-2-10-24(23)31(25)16-13-28/h1-2,4,7-10,17,19-20,26H,3,5-6,11-16,18H2. The molecule has 1 saturated heterocycles. The van der Waals surface area contributed by atoms with Crippen molar-refractivity contribution in [2.45, 2.75) is 56.7 Å². The van der Waals surface area contributed by atoms with E-state index in [9.17, 15) is 4.39 Å². The van der Waals surface area contributed by atoms with Crippen LogP contribution in [0.5, 0.6) is 5.75 Å². The Morgan fingerprint density at radius 3 is 2.62 bits per heavy atom. The lowest BCUT2D eigenvalue weighted by molar-refractivity contribution is 0.146. The van der Waals surface area contributed by atoms with Gasteiger partial charge in [0.1, 0.15) is 18.2 Å². The number of likely N-dealkylation sites (tertiary alicyclic amines) is 1. The van der Waals surface area contributed by atoms with Crippen LogP contribution < -0.4 is 4.74 Å². The van der Waals surface area contributed by atoms with Crippen LogP contribution in [0.15, 0.2) is 48.5 Å². The molecule has 1 atom stereocenters. The quantitative estimate of drug-likeness (QED) is 0.383. The summed E-state index contributed by atoms with van der Waals surface area (Å²) < 4.78 is 21.2. The molecule has 2 aromatic carbocycles. The molecule has 32 heavy (non-hydrogen) atoms. The molecule has 2 heterocycles. The van der Waals surface area contributed by atoms with Crippen LogP contribution in [0.2, 0.25) is 0 Å². The number of alkyl halides is 2. The van der Waals surface area contributed by atoms with Crippen molar-refractivity contribution in [3.05, 3.63) is 59.9 Å². The van der Waals surface area contributed by atoms with E-state index in [2.05, 4.69) is 23.1 Å². The Morgan fingerprint density at radius 1 is 1.06 bits per heavy atom. The van der Waals surface area contributed by atoms with Gasteiger partial charge in [-0.15, -0.1) is 0 Å². The highest BCUT2D eigenvalue weighted by atomic mass is 35.5. The molecule has 1 unspecified atom stereocenters. The van der Waals surface area contributed by atoms with Gasteiger partial charge in [-0.1, -0.05) is 42.3 Å². The molecule has 0 bridgehead atoms. The molecular formula is C26H31ClFN3O. The van der Waals surface area contributed by atoms with Crippen LogP contribution in [0.4, 0.5) is 4.39 Å². The van der Waals surface area contributed by atoms with Gasteiger partial charge in [-0.3, -0.25) is 4.90 Å². The third kappa shape index (κ3) is 4.65. The Hall–Kier alpha value is -2.11. The molecule has 4 nitrogen and oxygen atoms in total. The average molecular weight is 456 g/mol. The van der Waals surface area contributed by atoms with Crippen LogP contribution in [0, 0.1) is 5.92 Å². The SMILES string of the molecule is FCCn1c(CN2CCC(c3cccc(OC(Cl)C4CCC4)c3)CC2)nc2ccccc21. The Kier molecular flexibility index (Phi) is 6.65. The number of rotatable bonds is 8. The Bertz CT molecular complexity index is 1040. The monoisotopic (exact) mass is 455 g/mol. The molecule has 3 aromatic rings. The highest BCUT2D eigenvalue weighted by Gasteiger charge is 2.28. The minimum atomic E-state index is -0.377. The minimum Gasteiger partial charge on any atom is -0.474 e. The molecule has 0 amide bonds. The van der Waals surface area contributed by atoms with E-state index in [1.807, 2.05) is 34.9 Å². The van der Waals surface area contributed by atoms with Gasteiger partial charge in [-0.05, 0) is 74.5 Å². The van der Waals surface area contributed by atoms with Crippen molar-refractivity contribution in [1.29, 1.82) is 0 Å². The largest absolute Gasteiger partial charge is 0.474 e. The van der Waals surface area contributed by atoms with Crippen LogP contribution >= 0.6 is 11.6 Å². The maximum Gasteiger partial charge on any atom is 0.175 e. The summed E-state index contributed by atoms with van der Waals surface area (Å²) in [6, 6.07) is 16.5. The van der Waals surface area contributed by atoms with Crippen LogP contribution in [0.1, 0.15) is 49.4 Å². The van der Waals surface area contributed by atoms with Gasteiger partial charge in [-0.25, -0.2) is 9.37 Å². The van der Waals surface area contributed by atoms with E-state index in [1.54, 1.807) is 0 Å². The highest BCUT2D eigenvalue weighted by molar-refractivity contribution is 6.20. The molecule has 0 spiro atoms. The molecule has 0 radical (unpaired) electrons. The molecule has 0 N–H and O–H groups in total. The number of fused-ring (bicyclic) bond motifs is 1. The summed E-state index contributed by atoms with van der Waals surface area (Å²) in [6.07, 6.45) is 5.80. The zero-order valence-corrected chi connectivity index (χ0v) is 19.2. The van der Waals surface area contributed by atoms with Gasteiger partial charge in [0.15, 0.2) is 5.56 Å². The van der Waals surface area contributed by atoms with Gasteiger partial charge < -0.3 is 9.30 Å². The smallest absolute Gasteiger partial charge is 0.175 e. The lowest BCUT2D eigenvalue weighted by Crippen LogP contribution is -2.33. The Labute approximate surface area is 194 Å². The maximum atomic E-state index is 13.2. The fraction of sp³-hybridized carbons (Fsp3) is 0.500. The van der Waals surface area contributed by atoms with Crippen LogP contribution in [-0.4, -0.2) is 39.8 Å². The zero-order chi connectivity index (χ0) is 21.9. The van der Waals surface area contributed by atoms with Gasteiger partial charge in [0.25, 0.3) is 0 Å². The summed E-state index contributed by atoms with van der Waals surface area (Å²) in [5, 5.41) is 0. The summed E-state index contributed by atoms with van der Waals surface area (Å²) in [4.78, 5) is 7.24. The second-order valence-corrected chi connectivity index (χ2v) is 9.57. The molecule has 1 aliphatic heterocycles. The molecule has 170 valence electrons. The first-order valence-electron chi connectivity index (χ1n) is 11.8. The number of hydrogen-bond donors (Lipinski definition) is 0. The van der Waals surface area contributed by atoms with Crippen molar-refractivity contribution in [2.24, 2.45) is 5.92 Å². The van der Waals surface area contributed by atoms with E-state index in [-0.39, 0.29) is 12.2 Å². The minimum absolute atomic E-state index is 0.218.